The first-order valence-corrected chi connectivity index (χ1v) is 7.65. The van der Waals surface area contributed by atoms with E-state index in [9.17, 15) is 14.7 Å². The molecule has 0 aliphatic heterocycles. The lowest BCUT2D eigenvalue weighted by atomic mass is 9.79. The van der Waals surface area contributed by atoms with Gasteiger partial charge in [0.2, 0.25) is 0 Å². The molecule has 1 aliphatic carbocycles. The molecule has 0 aromatic carbocycles. The molecule has 7 heteroatoms. The van der Waals surface area contributed by atoms with Crippen molar-refractivity contribution in [3.8, 4) is 0 Å². The van der Waals surface area contributed by atoms with E-state index in [4.69, 9.17) is 5.73 Å². The third-order valence-electron chi connectivity index (χ3n) is 3.71. The number of nitrogens with zero attached hydrogens (tertiary/aromatic N) is 1. The van der Waals surface area contributed by atoms with Crippen LogP contribution in [0.3, 0.4) is 0 Å². The second kappa shape index (κ2) is 6.81. The van der Waals surface area contributed by atoms with Crippen molar-refractivity contribution in [3.63, 3.8) is 0 Å². The van der Waals surface area contributed by atoms with Crippen LogP contribution in [0, 0.1) is 11.8 Å². The second-order valence-corrected chi connectivity index (χ2v) is 5.97. The first-order valence-electron chi connectivity index (χ1n) is 6.77. The molecule has 20 heavy (non-hydrogen) atoms. The Morgan fingerprint density at radius 2 is 2.20 bits per heavy atom. The van der Waals surface area contributed by atoms with Crippen molar-refractivity contribution in [3.05, 3.63) is 16.1 Å². The number of hydrogen-bond donors (Lipinski definition) is 3. The SMILES string of the molecule is NCc1nc(C(=O)NCC2CCCCC2C(=O)O)cs1. The molecule has 6 nitrogen and oxygen atoms in total. The number of nitrogens with two attached hydrogens (primary N) is 1. The van der Waals surface area contributed by atoms with Crippen LogP contribution in [0.25, 0.3) is 0 Å². The number of rotatable bonds is 5. The van der Waals surface area contributed by atoms with Crippen LogP contribution in [0.1, 0.15) is 41.2 Å². The fourth-order valence-corrected chi connectivity index (χ4v) is 3.26. The molecular weight excluding hydrogens is 278 g/mol. The third kappa shape index (κ3) is 3.55. The van der Waals surface area contributed by atoms with E-state index in [1.54, 1.807) is 5.38 Å². The number of amides is 1. The molecule has 1 saturated carbocycles. The number of hydrogen-bond acceptors (Lipinski definition) is 5. The largest absolute Gasteiger partial charge is 0.481 e. The highest BCUT2D eigenvalue weighted by Crippen LogP contribution is 2.29. The minimum Gasteiger partial charge on any atom is -0.481 e. The molecule has 2 atom stereocenters. The Hall–Kier alpha value is -1.47. The number of nitrogens with one attached hydrogen (secondary N) is 1. The lowest BCUT2D eigenvalue weighted by Gasteiger charge is -2.28. The lowest BCUT2D eigenvalue weighted by Crippen LogP contribution is -2.37. The molecule has 0 radical (unpaired) electrons. The van der Waals surface area contributed by atoms with Crippen LogP contribution in [-0.4, -0.2) is 28.5 Å². The van der Waals surface area contributed by atoms with Crippen LogP contribution in [0.4, 0.5) is 0 Å². The van der Waals surface area contributed by atoms with Crippen molar-refractivity contribution < 1.29 is 14.7 Å². The molecule has 1 fully saturated rings. The van der Waals surface area contributed by atoms with E-state index < -0.39 is 5.97 Å². The zero-order chi connectivity index (χ0) is 14.5. The molecular formula is C13H19N3O3S. The van der Waals surface area contributed by atoms with Gasteiger partial charge >= 0.3 is 5.97 Å². The van der Waals surface area contributed by atoms with Crippen molar-refractivity contribution in [1.29, 1.82) is 0 Å². The van der Waals surface area contributed by atoms with E-state index in [1.165, 1.54) is 11.3 Å². The Bertz CT molecular complexity index is 489. The summed E-state index contributed by atoms with van der Waals surface area (Å²) in [4.78, 5) is 27.2. The minimum atomic E-state index is -0.761. The van der Waals surface area contributed by atoms with Gasteiger partial charge in [-0.05, 0) is 18.8 Å². The Balaban J connectivity index is 1.90. The number of thiazole rings is 1. The minimum absolute atomic E-state index is 0.0119. The van der Waals surface area contributed by atoms with Crippen molar-refractivity contribution >= 4 is 23.2 Å². The quantitative estimate of drug-likeness (QED) is 0.758. The van der Waals surface area contributed by atoms with Gasteiger partial charge in [-0.25, -0.2) is 4.98 Å². The Kier molecular flexibility index (Phi) is 5.08. The highest BCUT2D eigenvalue weighted by molar-refractivity contribution is 7.09. The van der Waals surface area contributed by atoms with Crippen LogP contribution in [0.5, 0.6) is 0 Å². The van der Waals surface area contributed by atoms with E-state index >= 15 is 0 Å². The van der Waals surface area contributed by atoms with Gasteiger partial charge in [-0.15, -0.1) is 11.3 Å². The van der Waals surface area contributed by atoms with Gasteiger partial charge in [0, 0.05) is 18.5 Å². The summed E-state index contributed by atoms with van der Waals surface area (Å²) in [5.41, 5.74) is 5.82. The number of carbonyl (C=O) groups is 2. The third-order valence-corrected chi connectivity index (χ3v) is 4.58. The van der Waals surface area contributed by atoms with Gasteiger partial charge in [-0.2, -0.15) is 0 Å². The van der Waals surface area contributed by atoms with E-state index in [0.717, 1.165) is 24.3 Å². The average molecular weight is 297 g/mol. The lowest BCUT2D eigenvalue weighted by molar-refractivity contribution is -0.144. The molecule has 4 N–H and O–H groups in total. The van der Waals surface area contributed by atoms with Gasteiger partial charge in [0.15, 0.2) is 0 Å². The molecule has 1 aliphatic rings. The van der Waals surface area contributed by atoms with E-state index in [2.05, 4.69) is 10.3 Å². The summed E-state index contributed by atoms with van der Waals surface area (Å²) in [6, 6.07) is 0. The summed E-state index contributed by atoms with van der Waals surface area (Å²) >= 11 is 1.35. The summed E-state index contributed by atoms with van der Waals surface area (Å²) in [5.74, 6) is -1.35. The van der Waals surface area contributed by atoms with Crippen LogP contribution < -0.4 is 11.1 Å². The molecule has 2 rings (SSSR count). The predicted octanol–water partition coefficient (Wildman–Crippen LogP) is 1.22. The molecule has 0 bridgehead atoms. The Labute approximate surface area is 121 Å². The smallest absolute Gasteiger partial charge is 0.306 e. The van der Waals surface area contributed by atoms with E-state index in [0.29, 0.717) is 25.2 Å². The Morgan fingerprint density at radius 3 is 2.85 bits per heavy atom. The van der Waals surface area contributed by atoms with Crippen molar-refractivity contribution in [2.24, 2.45) is 17.6 Å². The standard InChI is InChI=1S/C13H19N3O3S/c14-5-11-16-10(7-20-11)12(17)15-6-8-3-1-2-4-9(8)13(18)19/h7-9H,1-6,14H2,(H,15,17)(H,18,19). The summed E-state index contributed by atoms with van der Waals surface area (Å²) in [7, 11) is 0. The monoisotopic (exact) mass is 297 g/mol. The van der Waals surface area contributed by atoms with E-state index in [-0.39, 0.29) is 17.7 Å². The van der Waals surface area contributed by atoms with Gasteiger partial charge in [-0.3, -0.25) is 9.59 Å². The number of carbonyl (C=O) groups excluding carboxylic acids is 1. The number of aliphatic carboxylic acids is 1. The molecule has 0 saturated heterocycles. The summed E-state index contributed by atoms with van der Waals surface area (Å²) < 4.78 is 0. The zero-order valence-corrected chi connectivity index (χ0v) is 12.0. The molecule has 1 heterocycles. The maximum absolute atomic E-state index is 11.9. The number of carboxylic acids is 1. The normalized spacial score (nSPS) is 22.4. The van der Waals surface area contributed by atoms with Crippen molar-refractivity contribution in [2.45, 2.75) is 32.2 Å². The molecule has 1 amide bonds. The summed E-state index contributed by atoms with van der Waals surface area (Å²) in [6.45, 7) is 0.715. The molecule has 1 aromatic heterocycles. The summed E-state index contributed by atoms with van der Waals surface area (Å²) in [5, 5.41) is 14.4. The molecule has 1 aromatic rings. The topological polar surface area (TPSA) is 105 Å². The van der Waals surface area contributed by atoms with Gasteiger partial charge in [0.05, 0.1) is 5.92 Å². The zero-order valence-electron chi connectivity index (χ0n) is 11.2. The fourth-order valence-electron chi connectivity index (χ4n) is 2.60. The predicted molar refractivity (Wildman–Crippen MR) is 75.4 cm³/mol. The summed E-state index contributed by atoms with van der Waals surface area (Å²) in [6.07, 6.45) is 3.53. The van der Waals surface area contributed by atoms with Crippen LogP contribution in [0.2, 0.25) is 0 Å². The van der Waals surface area contributed by atoms with E-state index in [1.807, 2.05) is 0 Å². The fraction of sp³-hybridized carbons (Fsp3) is 0.615. The Morgan fingerprint density at radius 1 is 1.45 bits per heavy atom. The maximum Gasteiger partial charge on any atom is 0.306 e. The molecule has 2 unspecified atom stereocenters. The maximum atomic E-state index is 11.9. The van der Waals surface area contributed by atoms with Crippen molar-refractivity contribution in [2.75, 3.05) is 6.54 Å². The molecule has 110 valence electrons. The number of aromatic nitrogens is 1. The van der Waals surface area contributed by atoms with Crippen LogP contribution in [0.15, 0.2) is 5.38 Å². The highest BCUT2D eigenvalue weighted by Gasteiger charge is 2.30. The first kappa shape index (κ1) is 14.9. The number of carboxylic acid groups (broad SMARTS) is 1. The van der Waals surface area contributed by atoms with Crippen LogP contribution >= 0.6 is 11.3 Å². The first-order chi connectivity index (χ1) is 9.61. The van der Waals surface area contributed by atoms with Crippen molar-refractivity contribution in [1.82, 2.24) is 10.3 Å². The van der Waals surface area contributed by atoms with Gasteiger partial charge in [-0.1, -0.05) is 12.8 Å². The second-order valence-electron chi connectivity index (χ2n) is 5.03. The van der Waals surface area contributed by atoms with Gasteiger partial charge in [0.25, 0.3) is 5.91 Å². The van der Waals surface area contributed by atoms with Gasteiger partial charge < -0.3 is 16.2 Å². The van der Waals surface area contributed by atoms with Crippen LogP contribution in [-0.2, 0) is 11.3 Å². The average Bonchev–Trinajstić information content (AvgIpc) is 2.94. The highest BCUT2D eigenvalue weighted by atomic mass is 32.1. The van der Waals surface area contributed by atoms with Gasteiger partial charge in [0.1, 0.15) is 10.7 Å². The molecule has 0 spiro atoms.